The van der Waals surface area contributed by atoms with E-state index in [1.165, 1.54) is 25.3 Å². The van der Waals surface area contributed by atoms with Gasteiger partial charge in [-0.3, -0.25) is 4.79 Å². The van der Waals surface area contributed by atoms with Crippen molar-refractivity contribution >= 4 is 11.6 Å². The molecule has 3 heterocycles. The maximum atomic E-state index is 12.8. The van der Waals surface area contributed by atoms with Gasteiger partial charge in [-0.25, -0.2) is 0 Å². The molecule has 2 aromatic heterocycles. The molecule has 4 rings (SSSR count). The molecule has 34 heavy (non-hydrogen) atoms. The number of anilines is 1. The highest BCUT2D eigenvalue weighted by molar-refractivity contribution is 5.86. The van der Waals surface area contributed by atoms with E-state index in [0.29, 0.717) is 17.2 Å². The van der Waals surface area contributed by atoms with Crippen LogP contribution >= 0.6 is 0 Å². The lowest BCUT2D eigenvalue weighted by molar-refractivity contribution is -0.128. The van der Waals surface area contributed by atoms with E-state index in [2.05, 4.69) is 30.0 Å². The van der Waals surface area contributed by atoms with Crippen molar-refractivity contribution in [2.24, 2.45) is 5.92 Å². The highest BCUT2D eigenvalue weighted by Crippen LogP contribution is 2.26. The van der Waals surface area contributed by atoms with E-state index in [9.17, 15) is 13.6 Å². The number of nitrogens with zero attached hydrogens (tertiary/aromatic N) is 5. The van der Waals surface area contributed by atoms with Gasteiger partial charge in [-0.1, -0.05) is 12.1 Å². The highest BCUT2D eigenvalue weighted by Gasteiger charge is 2.25. The number of ether oxygens (including phenoxy) is 2. The van der Waals surface area contributed by atoms with Gasteiger partial charge in [0.25, 0.3) is 0 Å². The zero-order valence-electron chi connectivity index (χ0n) is 18.7. The topological polar surface area (TPSA) is 90.3 Å². The predicted molar refractivity (Wildman–Crippen MR) is 120 cm³/mol. The van der Waals surface area contributed by atoms with Gasteiger partial charge in [0.05, 0.1) is 17.8 Å². The summed E-state index contributed by atoms with van der Waals surface area (Å²) in [7, 11) is 1.39. The fraction of sp³-hybridized carbons (Fsp3) is 0.375. The molecule has 0 amide bonds. The lowest BCUT2D eigenvalue weighted by Crippen LogP contribution is -2.22. The van der Waals surface area contributed by atoms with Crippen molar-refractivity contribution in [3.05, 3.63) is 71.7 Å². The van der Waals surface area contributed by atoms with Crippen LogP contribution in [0.2, 0.25) is 0 Å². The number of Topliss-reactive ketones (excluding diaryl/α,β-unsaturated/α-hetero) is 1. The molecule has 8 nitrogen and oxygen atoms in total. The first-order chi connectivity index (χ1) is 16.5. The first-order valence-electron chi connectivity index (χ1n) is 11.0. The van der Waals surface area contributed by atoms with Crippen molar-refractivity contribution in [2.45, 2.75) is 32.0 Å². The van der Waals surface area contributed by atoms with Gasteiger partial charge in [0, 0.05) is 26.4 Å². The Bertz CT molecular complexity index is 1090. The number of methoxy groups -OCH3 is 1. The normalized spacial score (nSPS) is 16.6. The number of benzene rings is 1. The van der Waals surface area contributed by atoms with Crippen LogP contribution in [0.3, 0.4) is 0 Å². The summed E-state index contributed by atoms with van der Waals surface area (Å²) < 4.78 is 34.8. The summed E-state index contributed by atoms with van der Waals surface area (Å²) in [4.78, 5) is 15.0. The van der Waals surface area contributed by atoms with E-state index < -0.39 is 12.7 Å². The van der Waals surface area contributed by atoms with Crippen molar-refractivity contribution in [1.82, 2.24) is 20.4 Å². The van der Waals surface area contributed by atoms with Crippen LogP contribution in [-0.4, -0.2) is 53.0 Å². The number of aromatic nitrogens is 4. The van der Waals surface area contributed by atoms with Gasteiger partial charge in [0.15, 0.2) is 11.6 Å². The maximum absolute atomic E-state index is 12.8. The number of carbonyl (C=O) groups is 1. The fourth-order valence-corrected chi connectivity index (χ4v) is 4.14. The molecule has 1 aliphatic heterocycles. The van der Waals surface area contributed by atoms with Crippen LogP contribution in [0.15, 0.2) is 54.7 Å². The number of ketones is 1. The van der Waals surface area contributed by atoms with Crippen LogP contribution in [0.5, 0.6) is 5.75 Å². The van der Waals surface area contributed by atoms with Crippen molar-refractivity contribution < 1.29 is 23.0 Å². The molecular weight excluding hydrogens is 444 g/mol. The molecule has 1 aromatic carbocycles. The highest BCUT2D eigenvalue weighted by atomic mass is 19.3. The molecule has 10 heteroatoms. The van der Waals surface area contributed by atoms with Crippen molar-refractivity contribution in [2.75, 3.05) is 25.1 Å². The average molecular weight is 469 g/mol. The first-order valence-corrected chi connectivity index (χ1v) is 11.0. The van der Waals surface area contributed by atoms with E-state index in [1.54, 1.807) is 18.3 Å². The largest absolute Gasteiger partial charge is 0.435 e. The Morgan fingerprint density at radius 1 is 1.12 bits per heavy atom. The predicted octanol–water partition coefficient (Wildman–Crippen LogP) is 3.44. The molecule has 0 saturated carbocycles. The molecule has 0 aliphatic carbocycles. The van der Waals surface area contributed by atoms with Crippen LogP contribution < -0.4 is 9.64 Å². The third-order valence-electron chi connectivity index (χ3n) is 5.71. The molecule has 3 aromatic rings. The van der Waals surface area contributed by atoms with E-state index in [1.807, 2.05) is 18.2 Å². The summed E-state index contributed by atoms with van der Waals surface area (Å²) in [6.45, 7) is -1.22. The zero-order chi connectivity index (χ0) is 23.9. The second-order valence-corrected chi connectivity index (χ2v) is 8.11. The van der Waals surface area contributed by atoms with E-state index in [-0.39, 0.29) is 18.0 Å². The van der Waals surface area contributed by atoms with E-state index in [4.69, 9.17) is 4.74 Å². The van der Waals surface area contributed by atoms with Gasteiger partial charge in [-0.15, -0.1) is 5.10 Å². The lowest BCUT2D eigenvalue weighted by Gasteiger charge is -2.17. The van der Waals surface area contributed by atoms with Gasteiger partial charge < -0.3 is 14.4 Å². The number of halogens is 2. The molecule has 1 saturated heterocycles. The SMILES string of the molecule is CO[C@@H](C(=O)Cc1ccc(N2CC[C@@H](Cc3cccnn3)C2)nn1)c1cccc(OC(F)F)c1. The molecule has 0 unspecified atom stereocenters. The molecule has 0 spiro atoms. The van der Waals surface area contributed by atoms with Crippen LogP contribution in [0.25, 0.3) is 0 Å². The first kappa shape index (κ1) is 23.6. The zero-order valence-corrected chi connectivity index (χ0v) is 18.7. The summed E-state index contributed by atoms with van der Waals surface area (Å²) >= 11 is 0. The van der Waals surface area contributed by atoms with E-state index >= 15 is 0 Å². The standard InChI is InChI=1S/C24H25F2N5O3/c1-33-23(17-4-2-6-20(13-17)34-24(25)26)21(32)14-19-7-8-22(30-29-19)31-11-9-16(15-31)12-18-5-3-10-27-28-18/h2-8,10,13,16,23-24H,9,11-12,14-15H2,1H3/t16-,23+/m0/s1. The number of carbonyl (C=O) groups excluding carboxylic acids is 1. The average Bonchev–Trinajstić information content (AvgIpc) is 3.29. The molecule has 1 fully saturated rings. The summed E-state index contributed by atoms with van der Waals surface area (Å²) in [6, 6.07) is 13.4. The molecule has 2 atom stereocenters. The van der Waals surface area contributed by atoms with Gasteiger partial charge >= 0.3 is 6.61 Å². The molecular formula is C24H25F2N5O3. The Labute approximate surface area is 195 Å². The number of rotatable bonds is 10. The number of hydrogen-bond acceptors (Lipinski definition) is 8. The van der Waals surface area contributed by atoms with Gasteiger partial charge in [-0.05, 0) is 60.7 Å². The van der Waals surface area contributed by atoms with Crippen molar-refractivity contribution in [1.29, 1.82) is 0 Å². The van der Waals surface area contributed by atoms with E-state index in [0.717, 1.165) is 37.4 Å². The minimum absolute atomic E-state index is 0.00101. The lowest BCUT2D eigenvalue weighted by atomic mass is 10.0. The van der Waals surface area contributed by atoms with Crippen LogP contribution in [0.4, 0.5) is 14.6 Å². The fourth-order valence-electron chi connectivity index (χ4n) is 4.14. The summed E-state index contributed by atoms with van der Waals surface area (Å²) in [6.07, 6.45) is 2.64. The molecule has 0 N–H and O–H groups in total. The Morgan fingerprint density at radius 2 is 2.00 bits per heavy atom. The molecule has 1 aliphatic rings. The maximum Gasteiger partial charge on any atom is 0.387 e. The van der Waals surface area contributed by atoms with Crippen LogP contribution in [0, 0.1) is 5.92 Å². The molecule has 0 bridgehead atoms. The third kappa shape index (κ3) is 6.07. The minimum Gasteiger partial charge on any atom is -0.435 e. The molecule has 0 radical (unpaired) electrons. The van der Waals surface area contributed by atoms with Gasteiger partial charge in [0.2, 0.25) is 0 Å². The van der Waals surface area contributed by atoms with Crippen LogP contribution in [-0.2, 0) is 22.4 Å². The van der Waals surface area contributed by atoms with Crippen molar-refractivity contribution in [3.63, 3.8) is 0 Å². The summed E-state index contributed by atoms with van der Waals surface area (Å²) in [5.41, 5.74) is 1.92. The van der Waals surface area contributed by atoms with Gasteiger partial charge in [-0.2, -0.15) is 24.1 Å². The van der Waals surface area contributed by atoms with Gasteiger partial charge in [0.1, 0.15) is 11.9 Å². The monoisotopic (exact) mass is 469 g/mol. The Kier molecular flexibility index (Phi) is 7.69. The minimum atomic E-state index is -2.95. The quantitative estimate of drug-likeness (QED) is 0.446. The summed E-state index contributed by atoms with van der Waals surface area (Å²) in [5.74, 6) is 0.934. The number of hydrogen-bond donors (Lipinski definition) is 0. The second kappa shape index (κ2) is 11.1. The number of alkyl halides is 2. The Balaban J connectivity index is 1.35. The smallest absolute Gasteiger partial charge is 0.387 e. The van der Waals surface area contributed by atoms with Crippen LogP contribution in [0.1, 0.15) is 29.5 Å². The Morgan fingerprint density at radius 3 is 2.71 bits per heavy atom. The summed E-state index contributed by atoms with van der Waals surface area (Å²) in [5, 5.41) is 16.6. The second-order valence-electron chi connectivity index (χ2n) is 8.11. The molecule has 178 valence electrons. The Hall–Kier alpha value is -3.53. The van der Waals surface area contributed by atoms with Crippen molar-refractivity contribution in [3.8, 4) is 5.75 Å². The third-order valence-corrected chi connectivity index (χ3v) is 5.71.